The molecule has 4 nitrogen and oxygen atoms in total. The van der Waals surface area contributed by atoms with Crippen LogP contribution < -0.4 is 9.47 Å². The number of Topliss-reactive ketones (excluding diaryl/α,β-unsaturated/α-hetero) is 1. The second-order valence-corrected chi connectivity index (χ2v) is 7.18. The van der Waals surface area contributed by atoms with E-state index in [1.54, 1.807) is 39.0 Å². The first-order chi connectivity index (χ1) is 13.2. The Morgan fingerprint density at radius 3 is 2.39 bits per heavy atom. The van der Waals surface area contributed by atoms with E-state index in [9.17, 15) is 18.8 Å². The molecular formula is C22H21F2NO3. The highest BCUT2D eigenvalue weighted by Crippen LogP contribution is 2.26. The molecule has 0 aliphatic rings. The van der Waals surface area contributed by atoms with Gasteiger partial charge in [-0.2, -0.15) is 5.26 Å². The molecule has 28 heavy (non-hydrogen) atoms. The summed E-state index contributed by atoms with van der Waals surface area (Å²) >= 11 is 0. The minimum Gasteiger partial charge on any atom is -0.496 e. The Labute approximate surface area is 163 Å². The van der Waals surface area contributed by atoms with Crippen LogP contribution in [0.2, 0.25) is 0 Å². The van der Waals surface area contributed by atoms with Crippen molar-refractivity contribution < 1.29 is 23.0 Å². The van der Waals surface area contributed by atoms with Gasteiger partial charge >= 0.3 is 0 Å². The van der Waals surface area contributed by atoms with Gasteiger partial charge in [-0.1, -0.05) is 26.8 Å². The molecule has 0 radical (unpaired) electrons. The van der Waals surface area contributed by atoms with Crippen LogP contribution in [0.15, 0.2) is 42.0 Å². The SMILES string of the molecule is COc1ccc(C=C(C#N)C(=O)C(C)(C)C)cc1COc1ccc(F)cc1F. The minimum atomic E-state index is -0.808. The van der Waals surface area contributed by atoms with Gasteiger partial charge in [0.2, 0.25) is 0 Å². The van der Waals surface area contributed by atoms with Crippen LogP contribution in [-0.2, 0) is 11.4 Å². The topological polar surface area (TPSA) is 59.3 Å². The molecule has 0 amide bonds. The molecule has 0 aromatic heterocycles. The number of rotatable bonds is 6. The predicted molar refractivity (Wildman–Crippen MR) is 102 cm³/mol. The first-order valence-electron chi connectivity index (χ1n) is 8.57. The van der Waals surface area contributed by atoms with Crippen molar-refractivity contribution in [3.8, 4) is 17.6 Å². The number of carbonyl (C=O) groups excluding carboxylic acids is 1. The lowest BCUT2D eigenvalue weighted by Crippen LogP contribution is -2.21. The number of nitriles is 1. The van der Waals surface area contributed by atoms with Gasteiger partial charge in [0.15, 0.2) is 17.3 Å². The van der Waals surface area contributed by atoms with Crippen molar-refractivity contribution in [2.24, 2.45) is 5.41 Å². The van der Waals surface area contributed by atoms with Gasteiger partial charge < -0.3 is 9.47 Å². The number of methoxy groups -OCH3 is 1. The van der Waals surface area contributed by atoms with Gasteiger partial charge in [-0.05, 0) is 35.9 Å². The Bertz CT molecular complexity index is 953. The van der Waals surface area contributed by atoms with Gasteiger partial charge in [0, 0.05) is 17.0 Å². The van der Waals surface area contributed by atoms with E-state index in [0.717, 1.165) is 12.1 Å². The molecule has 0 bridgehead atoms. The van der Waals surface area contributed by atoms with E-state index in [1.807, 2.05) is 6.07 Å². The smallest absolute Gasteiger partial charge is 0.178 e. The van der Waals surface area contributed by atoms with Crippen LogP contribution >= 0.6 is 0 Å². The first kappa shape index (κ1) is 21.1. The zero-order valence-electron chi connectivity index (χ0n) is 16.2. The number of nitrogens with zero attached hydrogens (tertiary/aromatic N) is 1. The molecule has 0 unspecified atom stereocenters. The summed E-state index contributed by atoms with van der Waals surface area (Å²) < 4.78 is 37.5. The van der Waals surface area contributed by atoms with E-state index >= 15 is 0 Å². The fourth-order valence-corrected chi connectivity index (χ4v) is 2.47. The number of carbonyl (C=O) groups is 1. The van der Waals surface area contributed by atoms with Crippen molar-refractivity contribution in [3.63, 3.8) is 0 Å². The fourth-order valence-electron chi connectivity index (χ4n) is 2.47. The highest BCUT2D eigenvalue weighted by Gasteiger charge is 2.25. The quantitative estimate of drug-likeness (QED) is 0.514. The van der Waals surface area contributed by atoms with Crippen molar-refractivity contribution in [2.45, 2.75) is 27.4 Å². The molecule has 6 heteroatoms. The van der Waals surface area contributed by atoms with Crippen LogP contribution in [0, 0.1) is 28.4 Å². The average molecular weight is 385 g/mol. The van der Waals surface area contributed by atoms with E-state index in [1.165, 1.54) is 19.3 Å². The number of ether oxygens (including phenoxy) is 2. The van der Waals surface area contributed by atoms with Crippen LogP contribution in [0.1, 0.15) is 31.9 Å². The molecule has 2 aromatic carbocycles. The summed E-state index contributed by atoms with van der Waals surface area (Å²) in [4.78, 5) is 12.4. The maximum atomic E-state index is 13.8. The summed E-state index contributed by atoms with van der Waals surface area (Å²) in [5.41, 5.74) is 0.544. The van der Waals surface area contributed by atoms with Crippen molar-refractivity contribution >= 4 is 11.9 Å². The highest BCUT2D eigenvalue weighted by atomic mass is 19.1. The monoisotopic (exact) mass is 385 g/mol. The molecule has 146 valence electrons. The van der Waals surface area contributed by atoms with Crippen molar-refractivity contribution in [1.29, 1.82) is 5.26 Å². The first-order valence-corrected chi connectivity index (χ1v) is 8.57. The van der Waals surface area contributed by atoms with Gasteiger partial charge in [0.1, 0.15) is 24.2 Å². The Morgan fingerprint density at radius 1 is 1.14 bits per heavy atom. The second-order valence-electron chi connectivity index (χ2n) is 7.18. The Morgan fingerprint density at radius 2 is 1.82 bits per heavy atom. The lowest BCUT2D eigenvalue weighted by Gasteiger charge is -2.16. The van der Waals surface area contributed by atoms with Crippen molar-refractivity contribution in [2.75, 3.05) is 7.11 Å². The van der Waals surface area contributed by atoms with Gasteiger partial charge in [-0.15, -0.1) is 0 Å². The second kappa shape index (κ2) is 8.66. The molecule has 0 heterocycles. The molecule has 0 spiro atoms. The van der Waals surface area contributed by atoms with E-state index in [-0.39, 0.29) is 23.7 Å². The molecule has 2 rings (SSSR count). The Kier molecular flexibility index (Phi) is 6.53. The summed E-state index contributed by atoms with van der Waals surface area (Å²) in [7, 11) is 1.48. The Balaban J connectivity index is 2.32. The predicted octanol–water partition coefficient (Wildman–Crippen LogP) is 5.07. The number of hydrogen-bond donors (Lipinski definition) is 0. The number of benzene rings is 2. The molecule has 0 fully saturated rings. The molecule has 0 saturated heterocycles. The number of hydrogen-bond acceptors (Lipinski definition) is 4. The standard InChI is InChI=1S/C22H21F2NO3/c1-22(2,3)21(26)15(12-25)9-14-5-7-19(27-4)16(10-14)13-28-20-8-6-17(23)11-18(20)24/h5-11H,13H2,1-4H3. The third kappa shape index (κ3) is 5.17. The largest absolute Gasteiger partial charge is 0.496 e. The van der Waals surface area contributed by atoms with Crippen LogP contribution in [-0.4, -0.2) is 12.9 Å². The van der Waals surface area contributed by atoms with Gasteiger partial charge in [0.25, 0.3) is 0 Å². The van der Waals surface area contributed by atoms with Crippen molar-refractivity contribution in [1.82, 2.24) is 0 Å². The molecule has 0 N–H and O–H groups in total. The van der Waals surface area contributed by atoms with E-state index in [2.05, 4.69) is 0 Å². The molecular weight excluding hydrogens is 364 g/mol. The van der Waals surface area contributed by atoms with E-state index < -0.39 is 17.0 Å². The van der Waals surface area contributed by atoms with E-state index in [4.69, 9.17) is 9.47 Å². The maximum Gasteiger partial charge on any atom is 0.178 e. The van der Waals surface area contributed by atoms with Gasteiger partial charge in [-0.3, -0.25) is 4.79 Å². The normalized spacial score (nSPS) is 11.7. The molecule has 0 aliphatic heterocycles. The fraction of sp³-hybridized carbons (Fsp3) is 0.273. The van der Waals surface area contributed by atoms with Crippen molar-refractivity contribution in [3.05, 3.63) is 64.7 Å². The van der Waals surface area contributed by atoms with Crippen LogP contribution in [0.3, 0.4) is 0 Å². The molecule has 0 aliphatic carbocycles. The summed E-state index contributed by atoms with van der Waals surface area (Å²) in [5, 5.41) is 9.34. The lowest BCUT2D eigenvalue weighted by molar-refractivity contribution is -0.121. The number of ketones is 1. The minimum absolute atomic E-state index is 0.0362. The molecule has 0 saturated carbocycles. The van der Waals surface area contributed by atoms with Gasteiger partial charge in [-0.25, -0.2) is 8.78 Å². The molecule has 0 atom stereocenters. The summed E-state index contributed by atoms with van der Waals surface area (Å²) in [5.74, 6) is -1.36. The lowest BCUT2D eigenvalue weighted by atomic mass is 9.86. The van der Waals surface area contributed by atoms with Gasteiger partial charge in [0.05, 0.1) is 12.7 Å². The van der Waals surface area contributed by atoms with Crippen LogP contribution in [0.25, 0.3) is 6.08 Å². The maximum absolute atomic E-state index is 13.8. The zero-order valence-corrected chi connectivity index (χ0v) is 16.2. The Hall–Kier alpha value is -3.20. The third-order valence-electron chi connectivity index (χ3n) is 3.94. The zero-order chi connectivity index (χ0) is 20.9. The van der Waals surface area contributed by atoms with Crippen LogP contribution in [0.4, 0.5) is 8.78 Å². The number of allylic oxidation sites excluding steroid dienone is 1. The van der Waals surface area contributed by atoms with E-state index in [0.29, 0.717) is 16.9 Å². The number of halogens is 2. The van der Waals surface area contributed by atoms with Crippen LogP contribution in [0.5, 0.6) is 11.5 Å². The third-order valence-corrected chi connectivity index (χ3v) is 3.94. The summed E-state index contributed by atoms with van der Waals surface area (Å²) in [6.07, 6.45) is 1.50. The molecule has 2 aromatic rings. The average Bonchev–Trinajstić information content (AvgIpc) is 2.64. The summed E-state index contributed by atoms with van der Waals surface area (Å²) in [6, 6.07) is 10.0. The highest BCUT2D eigenvalue weighted by molar-refractivity contribution is 6.06. The summed E-state index contributed by atoms with van der Waals surface area (Å²) in [6.45, 7) is 5.18.